The van der Waals surface area contributed by atoms with Crippen molar-refractivity contribution in [1.82, 2.24) is 15.1 Å². The Morgan fingerprint density at radius 3 is 3.14 bits per heavy atom. The molecule has 1 aliphatic heterocycles. The molecule has 3 rings (SSSR count). The van der Waals surface area contributed by atoms with Crippen molar-refractivity contribution in [2.24, 2.45) is 0 Å². The van der Waals surface area contributed by atoms with Crippen LogP contribution in [0.15, 0.2) is 22.9 Å². The van der Waals surface area contributed by atoms with Crippen molar-refractivity contribution in [3.8, 4) is 17.3 Å². The molecule has 1 saturated heterocycles. The minimum absolute atomic E-state index is 0.127. The number of hydrogen-bond acceptors (Lipinski definition) is 6. The van der Waals surface area contributed by atoms with Gasteiger partial charge < -0.3 is 14.0 Å². The maximum atomic E-state index is 5.71. The highest BCUT2D eigenvalue weighted by atomic mass is 16.5. The Kier molecular flexibility index (Phi) is 4.15. The van der Waals surface area contributed by atoms with Crippen LogP contribution >= 0.6 is 0 Å². The Balaban J connectivity index is 1.78. The van der Waals surface area contributed by atoms with E-state index in [1.165, 1.54) is 0 Å². The van der Waals surface area contributed by atoms with E-state index in [9.17, 15) is 0 Å². The maximum Gasteiger partial charge on any atom is 0.258 e. The van der Waals surface area contributed by atoms with Crippen LogP contribution in [0.2, 0.25) is 0 Å². The van der Waals surface area contributed by atoms with Crippen molar-refractivity contribution in [3.05, 3.63) is 24.2 Å². The normalized spacial score (nSPS) is 19.6. The van der Waals surface area contributed by atoms with E-state index in [0.717, 1.165) is 25.0 Å². The first kappa shape index (κ1) is 14.0. The topological polar surface area (TPSA) is 70.3 Å². The van der Waals surface area contributed by atoms with Crippen LogP contribution in [-0.4, -0.2) is 34.4 Å². The van der Waals surface area contributed by atoms with Gasteiger partial charge in [-0.2, -0.15) is 4.98 Å². The van der Waals surface area contributed by atoms with E-state index in [4.69, 9.17) is 14.0 Å². The van der Waals surface area contributed by atoms with Crippen LogP contribution < -0.4 is 4.74 Å². The predicted octanol–water partition coefficient (Wildman–Crippen LogP) is 2.81. The SMILES string of the molecule is CCC(C)Oc1cc(-c2nc(C3CCOC3)no2)ccn1. The Morgan fingerprint density at radius 1 is 1.48 bits per heavy atom. The van der Waals surface area contributed by atoms with Crippen molar-refractivity contribution in [2.45, 2.75) is 38.7 Å². The van der Waals surface area contributed by atoms with Gasteiger partial charge in [0, 0.05) is 30.4 Å². The van der Waals surface area contributed by atoms with Crippen molar-refractivity contribution in [3.63, 3.8) is 0 Å². The summed E-state index contributed by atoms with van der Waals surface area (Å²) in [5.41, 5.74) is 0.820. The summed E-state index contributed by atoms with van der Waals surface area (Å²) in [4.78, 5) is 8.67. The Bertz CT molecular complexity index is 593. The zero-order chi connectivity index (χ0) is 14.7. The molecule has 0 aromatic carbocycles. The number of nitrogens with zero attached hydrogens (tertiary/aromatic N) is 3. The molecule has 2 unspecified atom stereocenters. The molecule has 2 aromatic rings. The molecular weight excluding hydrogens is 270 g/mol. The zero-order valence-electron chi connectivity index (χ0n) is 12.3. The fourth-order valence-electron chi connectivity index (χ4n) is 2.15. The second kappa shape index (κ2) is 6.22. The third-order valence-corrected chi connectivity index (χ3v) is 3.62. The number of rotatable bonds is 5. The number of aromatic nitrogens is 3. The number of pyridine rings is 1. The van der Waals surface area contributed by atoms with E-state index in [2.05, 4.69) is 22.0 Å². The van der Waals surface area contributed by atoms with E-state index in [0.29, 0.717) is 24.2 Å². The quantitative estimate of drug-likeness (QED) is 0.843. The van der Waals surface area contributed by atoms with Gasteiger partial charge in [0.25, 0.3) is 5.89 Å². The van der Waals surface area contributed by atoms with Gasteiger partial charge in [0.05, 0.1) is 12.7 Å². The molecule has 0 saturated carbocycles. The van der Waals surface area contributed by atoms with Gasteiger partial charge in [0.2, 0.25) is 5.88 Å². The van der Waals surface area contributed by atoms with Crippen molar-refractivity contribution in [1.29, 1.82) is 0 Å². The van der Waals surface area contributed by atoms with Gasteiger partial charge in [-0.3, -0.25) is 0 Å². The van der Waals surface area contributed by atoms with Crippen LogP contribution in [0.4, 0.5) is 0 Å². The molecule has 2 aromatic heterocycles. The summed E-state index contributed by atoms with van der Waals surface area (Å²) in [6.45, 7) is 5.51. The van der Waals surface area contributed by atoms with Crippen LogP contribution in [0.5, 0.6) is 5.88 Å². The third-order valence-electron chi connectivity index (χ3n) is 3.62. The average molecular weight is 289 g/mol. The van der Waals surface area contributed by atoms with Gasteiger partial charge in [0.1, 0.15) is 0 Å². The van der Waals surface area contributed by atoms with Crippen LogP contribution in [-0.2, 0) is 4.74 Å². The second-order valence-electron chi connectivity index (χ2n) is 5.24. The molecule has 0 spiro atoms. The molecule has 0 amide bonds. The maximum absolute atomic E-state index is 5.71. The lowest BCUT2D eigenvalue weighted by molar-refractivity contribution is 0.192. The fraction of sp³-hybridized carbons (Fsp3) is 0.533. The summed E-state index contributed by atoms with van der Waals surface area (Å²) in [7, 11) is 0. The van der Waals surface area contributed by atoms with E-state index < -0.39 is 0 Å². The van der Waals surface area contributed by atoms with E-state index in [1.807, 2.05) is 19.1 Å². The smallest absolute Gasteiger partial charge is 0.258 e. The predicted molar refractivity (Wildman–Crippen MR) is 76.1 cm³/mol. The molecule has 112 valence electrons. The number of ether oxygens (including phenoxy) is 2. The van der Waals surface area contributed by atoms with Gasteiger partial charge in [-0.05, 0) is 25.8 Å². The first-order valence-electron chi connectivity index (χ1n) is 7.30. The lowest BCUT2D eigenvalue weighted by atomic mass is 10.1. The molecule has 0 radical (unpaired) electrons. The summed E-state index contributed by atoms with van der Waals surface area (Å²) in [5, 5.41) is 4.05. The summed E-state index contributed by atoms with van der Waals surface area (Å²) >= 11 is 0. The van der Waals surface area contributed by atoms with Crippen LogP contribution in [0, 0.1) is 0 Å². The molecule has 6 nitrogen and oxygen atoms in total. The zero-order valence-corrected chi connectivity index (χ0v) is 12.3. The Morgan fingerprint density at radius 2 is 2.38 bits per heavy atom. The van der Waals surface area contributed by atoms with Crippen molar-refractivity contribution < 1.29 is 14.0 Å². The molecule has 1 fully saturated rings. The minimum Gasteiger partial charge on any atom is -0.475 e. The van der Waals surface area contributed by atoms with Crippen LogP contribution in [0.3, 0.4) is 0 Å². The highest BCUT2D eigenvalue weighted by molar-refractivity contribution is 5.53. The van der Waals surface area contributed by atoms with E-state index in [1.54, 1.807) is 6.20 Å². The van der Waals surface area contributed by atoms with Crippen LogP contribution in [0.25, 0.3) is 11.5 Å². The summed E-state index contributed by atoms with van der Waals surface area (Å²) in [6, 6.07) is 3.67. The second-order valence-corrected chi connectivity index (χ2v) is 5.24. The Hall–Kier alpha value is -1.95. The molecule has 0 aliphatic carbocycles. The van der Waals surface area contributed by atoms with Gasteiger partial charge >= 0.3 is 0 Å². The first-order chi connectivity index (χ1) is 10.3. The van der Waals surface area contributed by atoms with Crippen molar-refractivity contribution >= 4 is 0 Å². The minimum atomic E-state index is 0.127. The highest BCUT2D eigenvalue weighted by Crippen LogP contribution is 2.26. The largest absolute Gasteiger partial charge is 0.475 e. The summed E-state index contributed by atoms with van der Waals surface area (Å²) in [6.07, 6.45) is 3.69. The van der Waals surface area contributed by atoms with Crippen molar-refractivity contribution in [2.75, 3.05) is 13.2 Å². The van der Waals surface area contributed by atoms with Gasteiger partial charge in [-0.15, -0.1) is 0 Å². The highest BCUT2D eigenvalue weighted by Gasteiger charge is 2.23. The lowest BCUT2D eigenvalue weighted by Gasteiger charge is -2.11. The summed E-state index contributed by atoms with van der Waals surface area (Å²) in [5.74, 6) is 2.02. The van der Waals surface area contributed by atoms with Gasteiger partial charge in [-0.1, -0.05) is 12.1 Å². The molecule has 1 aliphatic rings. The van der Waals surface area contributed by atoms with E-state index >= 15 is 0 Å². The fourth-order valence-corrected chi connectivity index (χ4v) is 2.15. The Labute approximate surface area is 123 Å². The van der Waals surface area contributed by atoms with Crippen LogP contribution in [0.1, 0.15) is 38.4 Å². The monoisotopic (exact) mass is 289 g/mol. The molecule has 0 bridgehead atoms. The average Bonchev–Trinajstić information content (AvgIpc) is 3.18. The molecular formula is C15H19N3O3. The number of hydrogen-bond donors (Lipinski definition) is 0. The lowest BCUT2D eigenvalue weighted by Crippen LogP contribution is -2.10. The molecule has 6 heteroatoms. The van der Waals surface area contributed by atoms with Gasteiger partial charge in [-0.25, -0.2) is 4.98 Å². The van der Waals surface area contributed by atoms with Gasteiger partial charge in [0.15, 0.2) is 5.82 Å². The standard InChI is InChI=1S/C15H19N3O3/c1-3-10(2)20-13-8-11(4-6-16-13)15-17-14(18-21-15)12-5-7-19-9-12/h4,6,8,10,12H,3,5,7,9H2,1-2H3. The third kappa shape index (κ3) is 3.21. The molecule has 2 atom stereocenters. The molecule has 21 heavy (non-hydrogen) atoms. The molecule has 0 N–H and O–H groups in total. The van der Waals surface area contributed by atoms with E-state index in [-0.39, 0.29) is 12.0 Å². The molecule has 3 heterocycles. The first-order valence-corrected chi connectivity index (χ1v) is 7.30. The summed E-state index contributed by atoms with van der Waals surface area (Å²) < 4.78 is 16.4.